The molecule has 0 aliphatic rings. The number of amides is 1. The Morgan fingerprint density at radius 1 is 1.41 bits per heavy atom. The van der Waals surface area contributed by atoms with Gasteiger partial charge in [0.05, 0.1) is 21.1 Å². The van der Waals surface area contributed by atoms with Gasteiger partial charge in [-0.3, -0.25) is 15.0 Å². The highest BCUT2D eigenvalue weighted by Gasteiger charge is 2.14. The number of pyridine rings is 1. The van der Waals surface area contributed by atoms with E-state index in [1.54, 1.807) is 30.6 Å². The number of hydrogen-bond acceptors (Lipinski definition) is 3. The molecule has 1 aromatic heterocycles. The lowest BCUT2D eigenvalue weighted by Gasteiger charge is -2.08. The van der Waals surface area contributed by atoms with E-state index in [1.807, 2.05) is 0 Å². The van der Waals surface area contributed by atoms with Gasteiger partial charge in [0.15, 0.2) is 0 Å². The van der Waals surface area contributed by atoms with E-state index in [1.165, 1.54) is 0 Å². The predicted molar refractivity (Wildman–Crippen MR) is 65.8 cm³/mol. The predicted octanol–water partition coefficient (Wildman–Crippen LogP) is 2.97. The summed E-state index contributed by atoms with van der Waals surface area (Å²) in [6.07, 6.45) is 0. The van der Waals surface area contributed by atoms with Crippen LogP contribution in [-0.4, -0.2) is 16.1 Å². The van der Waals surface area contributed by atoms with Crippen LogP contribution in [0.2, 0.25) is 10.0 Å². The van der Waals surface area contributed by atoms with Crippen LogP contribution in [0.3, 0.4) is 0 Å². The third-order valence-corrected chi connectivity index (χ3v) is 3.14. The first-order valence-electron chi connectivity index (χ1n) is 4.74. The average Bonchev–Trinajstić information content (AvgIpc) is 2.32. The van der Waals surface area contributed by atoms with Crippen molar-refractivity contribution in [1.82, 2.24) is 10.5 Å². The molecule has 4 nitrogen and oxygen atoms in total. The molecule has 0 saturated carbocycles. The van der Waals surface area contributed by atoms with Crippen molar-refractivity contribution < 1.29 is 10.0 Å². The zero-order valence-electron chi connectivity index (χ0n) is 8.79. The number of rotatable bonds is 1. The number of fused-ring (bicyclic) bond motifs is 1. The number of benzene rings is 1. The largest absolute Gasteiger partial charge is 0.288 e. The molecule has 0 atom stereocenters. The standard InChI is InChI=1S/C11H8Cl2N2O2/c1-5-4-7(11(16)15-17)6-2-3-8(12)9(13)10(6)14-5/h2-4,17H,1H3,(H,15,16). The Morgan fingerprint density at radius 2 is 2.12 bits per heavy atom. The van der Waals surface area contributed by atoms with Crippen molar-refractivity contribution >= 4 is 40.0 Å². The van der Waals surface area contributed by atoms with Gasteiger partial charge in [-0.15, -0.1) is 0 Å². The van der Waals surface area contributed by atoms with Crippen LogP contribution in [0, 0.1) is 6.92 Å². The minimum atomic E-state index is -0.612. The molecular weight excluding hydrogens is 263 g/mol. The highest BCUT2D eigenvalue weighted by molar-refractivity contribution is 6.45. The number of aromatic nitrogens is 1. The Labute approximate surface area is 107 Å². The average molecular weight is 271 g/mol. The van der Waals surface area contributed by atoms with E-state index in [9.17, 15) is 4.79 Å². The van der Waals surface area contributed by atoms with Gasteiger partial charge in [0, 0.05) is 11.1 Å². The summed E-state index contributed by atoms with van der Waals surface area (Å²) in [5.41, 5.74) is 2.95. The molecule has 0 bridgehead atoms. The fraction of sp³-hybridized carbons (Fsp3) is 0.0909. The molecule has 0 aliphatic carbocycles. The lowest BCUT2D eigenvalue weighted by atomic mass is 10.1. The summed E-state index contributed by atoms with van der Waals surface area (Å²) in [7, 11) is 0. The van der Waals surface area contributed by atoms with Crippen molar-refractivity contribution in [3.8, 4) is 0 Å². The van der Waals surface area contributed by atoms with E-state index >= 15 is 0 Å². The van der Waals surface area contributed by atoms with Gasteiger partial charge in [-0.1, -0.05) is 29.3 Å². The Balaban J connectivity index is 2.86. The number of nitrogens with one attached hydrogen (secondary N) is 1. The Bertz CT molecular complexity index is 614. The van der Waals surface area contributed by atoms with Crippen LogP contribution >= 0.6 is 23.2 Å². The summed E-state index contributed by atoms with van der Waals surface area (Å²) in [5.74, 6) is -0.612. The zero-order valence-corrected chi connectivity index (χ0v) is 10.3. The second-order valence-corrected chi connectivity index (χ2v) is 4.29. The molecule has 0 aliphatic heterocycles. The normalized spacial score (nSPS) is 10.6. The molecular formula is C11H8Cl2N2O2. The van der Waals surface area contributed by atoms with Gasteiger partial charge in [0.1, 0.15) is 0 Å². The van der Waals surface area contributed by atoms with Gasteiger partial charge in [0.2, 0.25) is 0 Å². The third-order valence-electron chi connectivity index (χ3n) is 2.35. The smallest absolute Gasteiger partial charge is 0.275 e. The summed E-state index contributed by atoms with van der Waals surface area (Å²) in [5, 5.41) is 9.88. The lowest BCUT2D eigenvalue weighted by molar-refractivity contribution is 0.0708. The molecule has 0 fully saturated rings. The van der Waals surface area contributed by atoms with Crippen molar-refractivity contribution in [2.45, 2.75) is 6.92 Å². The van der Waals surface area contributed by atoms with Crippen molar-refractivity contribution in [2.75, 3.05) is 0 Å². The molecule has 2 N–H and O–H groups in total. The Morgan fingerprint density at radius 3 is 2.76 bits per heavy atom. The molecule has 2 aromatic rings. The maximum atomic E-state index is 11.5. The van der Waals surface area contributed by atoms with Gasteiger partial charge in [-0.2, -0.15) is 0 Å². The minimum absolute atomic E-state index is 0.292. The van der Waals surface area contributed by atoms with Crippen LogP contribution in [0.4, 0.5) is 0 Å². The molecule has 88 valence electrons. The second kappa shape index (κ2) is 4.49. The number of aryl methyl sites for hydroxylation is 1. The number of carbonyl (C=O) groups excluding carboxylic acids is 1. The Kier molecular flexibility index (Phi) is 3.19. The van der Waals surface area contributed by atoms with Gasteiger partial charge in [0.25, 0.3) is 5.91 Å². The first-order chi connectivity index (χ1) is 8.04. The maximum Gasteiger partial charge on any atom is 0.275 e. The fourth-order valence-electron chi connectivity index (χ4n) is 1.61. The van der Waals surface area contributed by atoms with Crippen LogP contribution in [0.15, 0.2) is 18.2 Å². The molecule has 0 radical (unpaired) electrons. The van der Waals surface area contributed by atoms with Gasteiger partial charge < -0.3 is 0 Å². The van der Waals surface area contributed by atoms with Gasteiger partial charge in [-0.05, 0) is 19.1 Å². The molecule has 17 heavy (non-hydrogen) atoms. The summed E-state index contributed by atoms with van der Waals surface area (Å²) in [6.45, 7) is 1.73. The van der Waals surface area contributed by atoms with E-state index in [-0.39, 0.29) is 0 Å². The highest BCUT2D eigenvalue weighted by Crippen LogP contribution is 2.31. The number of hydroxylamine groups is 1. The third kappa shape index (κ3) is 2.07. The van der Waals surface area contributed by atoms with Crippen LogP contribution < -0.4 is 5.48 Å². The molecule has 1 aromatic carbocycles. The van der Waals surface area contributed by atoms with Crippen LogP contribution in [0.5, 0.6) is 0 Å². The van der Waals surface area contributed by atoms with Gasteiger partial charge in [-0.25, -0.2) is 5.48 Å². The summed E-state index contributed by atoms with van der Waals surface area (Å²) < 4.78 is 0. The number of halogens is 2. The molecule has 0 unspecified atom stereocenters. The number of hydrogen-bond donors (Lipinski definition) is 2. The maximum absolute atomic E-state index is 11.5. The van der Waals surface area contributed by atoms with E-state index in [4.69, 9.17) is 28.4 Å². The van der Waals surface area contributed by atoms with E-state index in [0.29, 0.717) is 32.2 Å². The van der Waals surface area contributed by atoms with Crippen LogP contribution in [0.25, 0.3) is 10.9 Å². The zero-order chi connectivity index (χ0) is 12.6. The number of nitrogens with zero attached hydrogens (tertiary/aromatic N) is 1. The topological polar surface area (TPSA) is 62.2 Å². The molecule has 0 spiro atoms. The summed E-state index contributed by atoms with van der Waals surface area (Å²) in [4.78, 5) is 15.7. The quantitative estimate of drug-likeness (QED) is 0.619. The number of carbonyl (C=O) groups is 1. The monoisotopic (exact) mass is 270 g/mol. The summed E-state index contributed by atoms with van der Waals surface area (Å²) >= 11 is 11.9. The lowest BCUT2D eigenvalue weighted by Crippen LogP contribution is -2.19. The van der Waals surface area contributed by atoms with E-state index < -0.39 is 5.91 Å². The van der Waals surface area contributed by atoms with E-state index in [2.05, 4.69) is 4.98 Å². The molecule has 2 rings (SSSR count). The second-order valence-electron chi connectivity index (χ2n) is 3.51. The van der Waals surface area contributed by atoms with Crippen molar-refractivity contribution in [3.05, 3.63) is 39.5 Å². The first kappa shape index (κ1) is 12.1. The Hall–Kier alpha value is -1.36. The molecule has 6 heteroatoms. The van der Waals surface area contributed by atoms with Crippen molar-refractivity contribution in [1.29, 1.82) is 0 Å². The first-order valence-corrected chi connectivity index (χ1v) is 5.50. The van der Waals surface area contributed by atoms with Crippen molar-refractivity contribution in [2.24, 2.45) is 0 Å². The molecule has 1 amide bonds. The minimum Gasteiger partial charge on any atom is -0.288 e. The summed E-state index contributed by atoms with van der Waals surface area (Å²) in [6, 6.07) is 4.79. The van der Waals surface area contributed by atoms with Gasteiger partial charge >= 0.3 is 0 Å². The fourth-order valence-corrected chi connectivity index (χ4v) is 1.97. The van der Waals surface area contributed by atoms with Crippen LogP contribution in [0.1, 0.15) is 16.1 Å². The van der Waals surface area contributed by atoms with Crippen LogP contribution in [-0.2, 0) is 0 Å². The molecule has 0 saturated heterocycles. The SMILES string of the molecule is Cc1cc(C(=O)NO)c2ccc(Cl)c(Cl)c2n1. The van der Waals surface area contributed by atoms with Crippen molar-refractivity contribution in [3.63, 3.8) is 0 Å². The van der Waals surface area contributed by atoms with E-state index in [0.717, 1.165) is 0 Å². The highest BCUT2D eigenvalue weighted by atomic mass is 35.5. The molecule has 1 heterocycles.